The molecular weight excluding hydrogens is 250 g/mol. The van der Waals surface area contributed by atoms with Crippen molar-refractivity contribution in [3.05, 3.63) is 28.1 Å². The molecule has 7 heteroatoms. The molecule has 1 fully saturated rings. The van der Waals surface area contributed by atoms with Crippen LogP contribution in [-0.2, 0) is 6.54 Å². The number of aryl methyl sites for hydroxylation is 1. The van der Waals surface area contributed by atoms with Gasteiger partial charge in [-0.15, -0.1) is 0 Å². The predicted molar refractivity (Wildman–Crippen MR) is 67.9 cm³/mol. The average molecular weight is 267 g/mol. The van der Waals surface area contributed by atoms with Crippen LogP contribution in [0.15, 0.2) is 12.3 Å². The summed E-state index contributed by atoms with van der Waals surface area (Å²) in [7, 11) is 0. The first kappa shape index (κ1) is 13.5. The fraction of sp³-hybridized carbons (Fsp3) is 0.583. The molecule has 0 atom stereocenters. The number of aliphatic hydroxyl groups is 1. The van der Waals surface area contributed by atoms with Gasteiger partial charge in [-0.1, -0.05) is 6.92 Å². The maximum absolute atomic E-state index is 12.2. The number of rotatable bonds is 5. The van der Waals surface area contributed by atoms with E-state index in [0.717, 1.165) is 6.42 Å². The van der Waals surface area contributed by atoms with Gasteiger partial charge in [0.1, 0.15) is 5.69 Å². The average Bonchev–Trinajstić information content (AvgIpc) is 2.72. The largest absolute Gasteiger partial charge is 0.396 e. The molecule has 1 amide bonds. The van der Waals surface area contributed by atoms with Gasteiger partial charge in [-0.25, -0.2) is 0 Å². The number of nitro groups is 1. The van der Waals surface area contributed by atoms with Crippen LogP contribution in [0.2, 0.25) is 0 Å². The fourth-order valence-corrected chi connectivity index (χ4v) is 2.21. The second-order valence-electron chi connectivity index (χ2n) is 4.79. The van der Waals surface area contributed by atoms with Gasteiger partial charge in [0.05, 0.1) is 11.1 Å². The van der Waals surface area contributed by atoms with E-state index in [9.17, 15) is 14.9 Å². The van der Waals surface area contributed by atoms with Gasteiger partial charge in [-0.05, 0) is 6.42 Å². The maximum Gasteiger partial charge on any atom is 0.287 e. The molecule has 0 bridgehead atoms. The Morgan fingerprint density at radius 3 is 2.79 bits per heavy atom. The standard InChI is InChI=1S/C12H17N3O4/c1-2-3-13-7-10(15(18)19)4-11(13)12(17)14-5-9(6-14)8-16/h4,7,9,16H,2-3,5-6,8H2,1H3. The lowest BCUT2D eigenvalue weighted by molar-refractivity contribution is -0.384. The third kappa shape index (κ3) is 2.60. The summed E-state index contributed by atoms with van der Waals surface area (Å²) in [5, 5.41) is 19.7. The van der Waals surface area contributed by atoms with E-state index in [4.69, 9.17) is 5.11 Å². The van der Waals surface area contributed by atoms with Gasteiger partial charge in [0, 0.05) is 38.2 Å². The summed E-state index contributed by atoms with van der Waals surface area (Å²) in [4.78, 5) is 24.1. The highest BCUT2D eigenvalue weighted by molar-refractivity contribution is 5.94. The van der Waals surface area contributed by atoms with Crippen LogP contribution >= 0.6 is 0 Å². The van der Waals surface area contributed by atoms with Crippen LogP contribution in [0, 0.1) is 16.0 Å². The monoisotopic (exact) mass is 267 g/mol. The van der Waals surface area contributed by atoms with E-state index < -0.39 is 4.92 Å². The molecule has 1 aromatic heterocycles. The molecule has 1 aliphatic heterocycles. The lowest BCUT2D eigenvalue weighted by Crippen LogP contribution is -2.51. The fourth-order valence-electron chi connectivity index (χ4n) is 2.21. The van der Waals surface area contributed by atoms with Gasteiger partial charge in [-0.2, -0.15) is 0 Å². The summed E-state index contributed by atoms with van der Waals surface area (Å²) < 4.78 is 1.63. The first-order chi connectivity index (χ1) is 9.06. The summed E-state index contributed by atoms with van der Waals surface area (Å²) in [6.07, 6.45) is 2.20. The van der Waals surface area contributed by atoms with Crippen LogP contribution in [0.4, 0.5) is 5.69 Å². The molecule has 1 saturated heterocycles. The van der Waals surface area contributed by atoms with Crippen LogP contribution in [0.3, 0.4) is 0 Å². The van der Waals surface area contributed by atoms with Crippen LogP contribution < -0.4 is 0 Å². The number of hydrogen-bond donors (Lipinski definition) is 1. The van der Waals surface area contributed by atoms with Crippen LogP contribution in [0.1, 0.15) is 23.8 Å². The summed E-state index contributed by atoms with van der Waals surface area (Å²) in [5.41, 5.74) is 0.293. The molecule has 19 heavy (non-hydrogen) atoms. The minimum absolute atomic E-state index is 0.0592. The molecule has 0 saturated carbocycles. The van der Waals surface area contributed by atoms with E-state index in [-0.39, 0.29) is 24.1 Å². The molecule has 2 rings (SSSR count). The second kappa shape index (κ2) is 5.40. The maximum atomic E-state index is 12.2. The van der Waals surface area contributed by atoms with E-state index in [0.29, 0.717) is 25.3 Å². The molecule has 0 aliphatic carbocycles. The Bertz CT molecular complexity index is 491. The Balaban J connectivity index is 2.18. The van der Waals surface area contributed by atoms with Crippen molar-refractivity contribution in [2.45, 2.75) is 19.9 Å². The van der Waals surface area contributed by atoms with Crippen molar-refractivity contribution in [2.24, 2.45) is 5.92 Å². The molecule has 0 spiro atoms. The molecule has 0 unspecified atom stereocenters. The van der Waals surface area contributed by atoms with E-state index in [2.05, 4.69) is 0 Å². The summed E-state index contributed by atoms with van der Waals surface area (Å²) in [5.74, 6) is -0.0697. The van der Waals surface area contributed by atoms with Gasteiger partial charge < -0.3 is 14.6 Å². The molecule has 2 heterocycles. The lowest BCUT2D eigenvalue weighted by Gasteiger charge is -2.38. The summed E-state index contributed by atoms with van der Waals surface area (Å²) >= 11 is 0. The molecule has 104 valence electrons. The number of hydrogen-bond acceptors (Lipinski definition) is 4. The van der Waals surface area contributed by atoms with Crippen molar-refractivity contribution in [2.75, 3.05) is 19.7 Å². The zero-order chi connectivity index (χ0) is 14.0. The number of aromatic nitrogens is 1. The van der Waals surface area contributed by atoms with Gasteiger partial charge in [-0.3, -0.25) is 14.9 Å². The van der Waals surface area contributed by atoms with Crippen molar-refractivity contribution in [1.82, 2.24) is 9.47 Å². The molecule has 1 N–H and O–H groups in total. The Hall–Kier alpha value is -1.89. The number of aliphatic hydroxyl groups excluding tert-OH is 1. The third-order valence-electron chi connectivity index (χ3n) is 3.28. The van der Waals surface area contributed by atoms with Gasteiger partial charge in [0.15, 0.2) is 0 Å². The van der Waals surface area contributed by atoms with Crippen LogP contribution in [0.5, 0.6) is 0 Å². The molecule has 0 radical (unpaired) electrons. The Labute approximate surface area is 110 Å². The van der Waals surface area contributed by atoms with Crippen molar-refractivity contribution in [3.8, 4) is 0 Å². The van der Waals surface area contributed by atoms with Crippen molar-refractivity contribution in [3.63, 3.8) is 0 Å². The Kier molecular flexibility index (Phi) is 3.84. The number of amides is 1. The quantitative estimate of drug-likeness (QED) is 0.633. The first-order valence-corrected chi connectivity index (χ1v) is 6.31. The molecule has 0 aromatic carbocycles. The molecule has 7 nitrogen and oxygen atoms in total. The van der Waals surface area contributed by atoms with E-state index in [1.54, 1.807) is 9.47 Å². The minimum Gasteiger partial charge on any atom is -0.396 e. The highest BCUT2D eigenvalue weighted by atomic mass is 16.6. The van der Waals surface area contributed by atoms with E-state index in [1.165, 1.54) is 12.3 Å². The SMILES string of the molecule is CCCn1cc([N+](=O)[O-])cc1C(=O)N1CC(CO)C1. The van der Waals surface area contributed by atoms with E-state index in [1.807, 2.05) is 6.92 Å². The van der Waals surface area contributed by atoms with Crippen molar-refractivity contribution in [1.29, 1.82) is 0 Å². The summed E-state index contributed by atoms with van der Waals surface area (Å²) in [6, 6.07) is 1.32. The molecule has 1 aliphatic rings. The zero-order valence-electron chi connectivity index (χ0n) is 10.8. The smallest absolute Gasteiger partial charge is 0.287 e. The Morgan fingerprint density at radius 2 is 2.26 bits per heavy atom. The van der Waals surface area contributed by atoms with Gasteiger partial charge >= 0.3 is 0 Å². The Morgan fingerprint density at radius 1 is 1.58 bits per heavy atom. The second-order valence-corrected chi connectivity index (χ2v) is 4.79. The number of nitrogens with zero attached hydrogens (tertiary/aromatic N) is 3. The predicted octanol–water partition coefficient (Wildman–Crippen LogP) is 0.871. The van der Waals surface area contributed by atoms with Crippen LogP contribution in [-0.4, -0.2) is 45.1 Å². The van der Waals surface area contributed by atoms with Gasteiger partial charge in [0.25, 0.3) is 11.6 Å². The van der Waals surface area contributed by atoms with Crippen LogP contribution in [0.25, 0.3) is 0 Å². The highest BCUT2D eigenvalue weighted by Crippen LogP contribution is 2.22. The highest BCUT2D eigenvalue weighted by Gasteiger charge is 2.32. The van der Waals surface area contributed by atoms with Crippen molar-refractivity contribution >= 4 is 11.6 Å². The lowest BCUT2D eigenvalue weighted by atomic mass is 10.0. The minimum atomic E-state index is -0.491. The van der Waals surface area contributed by atoms with E-state index >= 15 is 0 Å². The number of carbonyl (C=O) groups is 1. The normalized spacial score (nSPS) is 15.4. The number of carbonyl (C=O) groups excluding carboxylic acids is 1. The molecular formula is C12H17N3O4. The van der Waals surface area contributed by atoms with Gasteiger partial charge in [0.2, 0.25) is 0 Å². The number of likely N-dealkylation sites (tertiary alicyclic amines) is 1. The van der Waals surface area contributed by atoms with Crippen molar-refractivity contribution < 1.29 is 14.8 Å². The topological polar surface area (TPSA) is 88.6 Å². The third-order valence-corrected chi connectivity index (χ3v) is 3.28. The zero-order valence-corrected chi connectivity index (χ0v) is 10.8. The molecule has 1 aromatic rings. The first-order valence-electron chi connectivity index (χ1n) is 6.31. The summed E-state index contributed by atoms with van der Waals surface area (Å²) in [6.45, 7) is 3.62.